The van der Waals surface area contributed by atoms with Gasteiger partial charge < -0.3 is 14.4 Å². The van der Waals surface area contributed by atoms with Gasteiger partial charge in [-0.3, -0.25) is 0 Å². The van der Waals surface area contributed by atoms with Crippen molar-refractivity contribution in [1.29, 1.82) is 0 Å². The molecule has 4 heterocycles. The molecule has 13 rings (SSSR count). The van der Waals surface area contributed by atoms with Crippen LogP contribution in [0.2, 0.25) is 0 Å². The van der Waals surface area contributed by atoms with Gasteiger partial charge in [-0.1, -0.05) is 200 Å². The van der Waals surface area contributed by atoms with Gasteiger partial charge in [-0.15, -0.1) is 11.3 Å². The number of rotatable bonds is 4. The second kappa shape index (κ2) is 15.7. The van der Waals surface area contributed by atoms with Crippen LogP contribution in [0.15, 0.2) is 157 Å². The fraction of sp³-hybridized carbons (Fsp3) is 0.304. The highest BCUT2D eigenvalue weighted by Gasteiger charge is 2.48. The molecule has 2 aliphatic carbocycles. The normalized spacial score (nSPS) is 16.7. The van der Waals surface area contributed by atoms with Gasteiger partial charge in [-0.05, 0) is 127 Å². The smallest absolute Gasteiger partial charge is 0.252 e. The van der Waals surface area contributed by atoms with E-state index in [-0.39, 0.29) is 33.8 Å². The quantitative estimate of drug-likeness (QED) is 0.163. The molecule has 1 atom stereocenters. The minimum atomic E-state index is -0.188. The zero-order chi connectivity index (χ0) is 51.8. The minimum absolute atomic E-state index is 0.00992. The summed E-state index contributed by atoms with van der Waals surface area (Å²) in [7, 11) is 0. The maximum Gasteiger partial charge on any atom is 0.252 e. The molecule has 5 heteroatoms. The molecule has 0 radical (unpaired) electrons. The number of fused-ring (bicyclic) bond motifs is 12. The average Bonchev–Trinajstić information content (AvgIpc) is 3.99. The topological polar surface area (TPSA) is 11.4 Å². The van der Waals surface area contributed by atoms with Gasteiger partial charge >= 0.3 is 0 Å². The molecule has 1 unspecified atom stereocenters. The monoisotopic (exact) mass is 984 g/mol. The minimum Gasteiger partial charge on any atom is -0.311 e. The predicted octanol–water partition coefficient (Wildman–Crippen LogP) is 17.5. The van der Waals surface area contributed by atoms with E-state index in [4.69, 9.17) is 0 Å². The number of benzene rings is 7. The molecule has 2 aromatic heterocycles. The van der Waals surface area contributed by atoms with E-state index < -0.39 is 0 Å². The molecule has 2 aliphatic heterocycles. The summed E-state index contributed by atoms with van der Waals surface area (Å²) in [5.41, 5.74) is 23.5. The Morgan fingerprint density at radius 1 is 0.581 bits per heavy atom. The first-order chi connectivity index (χ1) is 35.0. The number of hydrogen-bond acceptors (Lipinski definition) is 3. The van der Waals surface area contributed by atoms with Crippen LogP contribution in [-0.2, 0) is 21.7 Å². The van der Waals surface area contributed by atoms with E-state index in [1.54, 1.807) is 0 Å². The first kappa shape index (κ1) is 47.2. The summed E-state index contributed by atoms with van der Waals surface area (Å²) < 4.78 is 5.37. The third kappa shape index (κ3) is 6.90. The van der Waals surface area contributed by atoms with Crippen molar-refractivity contribution in [2.75, 3.05) is 9.80 Å². The number of aromatic nitrogens is 1. The highest BCUT2D eigenvalue weighted by atomic mass is 32.1. The molecule has 74 heavy (non-hydrogen) atoms. The Bertz CT molecular complexity index is 3900. The van der Waals surface area contributed by atoms with E-state index >= 15 is 0 Å². The van der Waals surface area contributed by atoms with Gasteiger partial charge in [0, 0.05) is 65.8 Å². The van der Waals surface area contributed by atoms with E-state index in [1.807, 2.05) is 11.3 Å². The number of nitrogens with zero attached hydrogens (tertiary/aromatic N) is 3. The van der Waals surface area contributed by atoms with Crippen LogP contribution in [0.1, 0.15) is 131 Å². The van der Waals surface area contributed by atoms with Crippen molar-refractivity contribution < 1.29 is 0 Å². The molecule has 0 fully saturated rings. The summed E-state index contributed by atoms with van der Waals surface area (Å²) in [6.07, 6.45) is 8.38. The van der Waals surface area contributed by atoms with Crippen molar-refractivity contribution in [2.24, 2.45) is 11.3 Å². The molecule has 0 amide bonds. The van der Waals surface area contributed by atoms with Crippen LogP contribution in [0, 0.1) is 11.3 Å². The van der Waals surface area contributed by atoms with Gasteiger partial charge in [0.1, 0.15) is 0 Å². The molecule has 370 valence electrons. The number of thiophene rings is 1. The first-order valence-corrected chi connectivity index (χ1v) is 28.0. The Balaban J connectivity index is 1.18. The predicted molar refractivity (Wildman–Crippen MR) is 323 cm³/mol. The molecular formula is C69H70BN3S. The van der Waals surface area contributed by atoms with Gasteiger partial charge in [0.2, 0.25) is 0 Å². The maximum absolute atomic E-state index is 2.72. The SMILES string of the molecule is CC(C)(C)c1ccc(N(C2=CCC(C(C)(C)C)C=C2)c2cc3c4c(c2)-n2c5c(c6cccc(c62)B4c2ccc(C(C)(C)C)cc2N3c2cccc3c2sc2cc(C(C)(C)C)ccc23)C(C)(C)c2ccccc2-5)cc1. The van der Waals surface area contributed by atoms with Gasteiger partial charge in [-0.25, -0.2) is 0 Å². The average molecular weight is 984 g/mol. The summed E-state index contributed by atoms with van der Waals surface area (Å²) >= 11 is 1.95. The van der Waals surface area contributed by atoms with E-state index in [0.717, 1.165) is 17.8 Å². The molecule has 4 aliphatic rings. The number of para-hydroxylation sites is 1. The fourth-order valence-electron chi connectivity index (χ4n) is 13.2. The van der Waals surface area contributed by atoms with E-state index in [0.29, 0.717) is 5.92 Å². The lowest BCUT2D eigenvalue weighted by Crippen LogP contribution is -2.60. The second-order valence-electron chi connectivity index (χ2n) is 26.7. The molecule has 0 saturated heterocycles. The largest absolute Gasteiger partial charge is 0.311 e. The molecule has 7 aromatic carbocycles. The lowest BCUT2D eigenvalue weighted by molar-refractivity contribution is 0.293. The number of hydrogen-bond donors (Lipinski definition) is 0. The Hall–Kier alpha value is -6.56. The van der Waals surface area contributed by atoms with Gasteiger partial charge in [0.25, 0.3) is 6.71 Å². The molecular weight excluding hydrogens is 914 g/mol. The lowest BCUT2D eigenvalue weighted by Gasteiger charge is -2.42. The highest BCUT2D eigenvalue weighted by molar-refractivity contribution is 7.26. The van der Waals surface area contributed by atoms with Crippen molar-refractivity contribution in [3.05, 3.63) is 185 Å². The number of anilines is 5. The van der Waals surface area contributed by atoms with Gasteiger partial charge in [0.05, 0.1) is 21.8 Å². The van der Waals surface area contributed by atoms with Gasteiger partial charge in [-0.2, -0.15) is 0 Å². The Kier molecular flexibility index (Phi) is 10.0. The Morgan fingerprint density at radius 3 is 1.95 bits per heavy atom. The Morgan fingerprint density at radius 2 is 1.24 bits per heavy atom. The van der Waals surface area contributed by atoms with Gasteiger partial charge in [0.15, 0.2) is 0 Å². The van der Waals surface area contributed by atoms with Crippen LogP contribution in [0.4, 0.5) is 28.4 Å². The summed E-state index contributed by atoms with van der Waals surface area (Å²) in [5.74, 6) is 0.447. The maximum atomic E-state index is 2.72. The van der Waals surface area contributed by atoms with Crippen molar-refractivity contribution in [3.63, 3.8) is 0 Å². The fourth-order valence-corrected chi connectivity index (χ4v) is 14.5. The van der Waals surface area contributed by atoms with Crippen molar-refractivity contribution in [1.82, 2.24) is 4.57 Å². The van der Waals surface area contributed by atoms with E-state index in [9.17, 15) is 0 Å². The van der Waals surface area contributed by atoms with Crippen LogP contribution < -0.4 is 26.2 Å². The van der Waals surface area contributed by atoms with E-state index in [2.05, 4.69) is 263 Å². The van der Waals surface area contributed by atoms with Crippen molar-refractivity contribution >= 4 is 94.0 Å². The molecule has 0 spiro atoms. The Labute approximate surface area is 444 Å². The summed E-state index contributed by atoms with van der Waals surface area (Å²) in [5, 5.41) is 3.99. The zero-order valence-electron chi connectivity index (χ0n) is 46.0. The second-order valence-corrected chi connectivity index (χ2v) is 27.8. The highest BCUT2D eigenvalue weighted by Crippen LogP contribution is 2.56. The number of allylic oxidation sites excluding steroid dienone is 3. The standard InChI is InChI=1S/C69H70BN3S/c1-65(2,3)41-25-31-45(32-26-41)71(46-33-27-42(28-34-46)66(4,5)6)47-39-57-61-58(40-47)73-62-51(60-63(73)50-19-15-16-22-52(50)69(60,13)14)21-17-23-54(62)70(61)53-36-30-43(67(7,8)9)37-56(53)72(57)55-24-18-20-49-48-35-29-44(68(10,11)12)38-59(48)74-64(49)55/h15-27,29-40,42H,28H2,1-14H3. The molecule has 0 saturated carbocycles. The summed E-state index contributed by atoms with van der Waals surface area (Å²) in [6, 6.07) is 52.7. The molecule has 9 aromatic rings. The van der Waals surface area contributed by atoms with Crippen LogP contribution in [0.5, 0.6) is 0 Å². The molecule has 0 bridgehead atoms. The lowest BCUT2D eigenvalue weighted by atomic mass is 9.33. The van der Waals surface area contributed by atoms with Crippen LogP contribution in [0.3, 0.4) is 0 Å². The summed E-state index contributed by atoms with van der Waals surface area (Å²) in [4.78, 5) is 5.26. The van der Waals surface area contributed by atoms with Crippen LogP contribution in [0.25, 0.3) is 48.0 Å². The van der Waals surface area contributed by atoms with Crippen molar-refractivity contribution in [2.45, 2.75) is 125 Å². The van der Waals surface area contributed by atoms with Crippen molar-refractivity contribution in [3.8, 4) is 16.9 Å². The summed E-state index contributed by atoms with van der Waals surface area (Å²) in [6.45, 7) is 33.0. The first-order valence-electron chi connectivity index (χ1n) is 27.2. The zero-order valence-corrected chi connectivity index (χ0v) is 46.9. The van der Waals surface area contributed by atoms with E-state index in [1.165, 1.54) is 115 Å². The third-order valence-electron chi connectivity index (χ3n) is 17.4. The molecule has 3 nitrogen and oxygen atoms in total. The molecule has 0 N–H and O–H groups in total. The van der Waals surface area contributed by atoms with Crippen LogP contribution >= 0.6 is 11.3 Å². The van der Waals surface area contributed by atoms with Crippen LogP contribution in [-0.4, -0.2) is 11.3 Å². The third-order valence-corrected chi connectivity index (χ3v) is 18.6.